The van der Waals surface area contributed by atoms with Gasteiger partial charge in [-0.2, -0.15) is 13.2 Å². The number of piperazine rings is 1. The maximum atomic E-state index is 13.2. The number of carbonyl (C=O) groups excluding carboxylic acids is 2. The van der Waals surface area contributed by atoms with Crippen LogP contribution in [0.3, 0.4) is 0 Å². The number of nitrogens with one attached hydrogen (secondary N) is 2. The van der Waals surface area contributed by atoms with Crippen LogP contribution < -0.4 is 16.4 Å². The monoisotopic (exact) mass is 350 g/mol. The van der Waals surface area contributed by atoms with Crippen LogP contribution in [-0.4, -0.2) is 61.7 Å². The van der Waals surface area contributed by atoms with E-state index in [1.807, 2.05) is 0 Å². The normalized spacial score (nSPS) is 17.7. The van der Waals surface area contributed by atoms with Crippen LogP contribution in [0.5, 0.6) is 0 Å². The van der Waals surface area contributed by atoms with E-state index in [2.05, 4.69) is 10.6 Å². The highest BCUT2D eigenvalue weighted by Crippen LogP contribution is 2.25. The summed E-state index contributed by atoms with van der Waals surface area (Å²) in [6.45, 7) is 0.961. The van der Waals surface area contributed by atoms with E-state index in [0.717, 1.165) is 11.3 Å². The number of nitrogens with two attached hydrogens (primary N) is 1. The molecule has 0 saturated carbocycles. The van der Waals surface area contributed by atoms with Gasteiger partial charge in [-0.1, -0.05) is 0 Å². The van der Waals surface area contributed by atoms with Crippen LogP contribution in [-0.2, 0) is 0 Å². The van der Waals surface area contributed by atoms with Crippen molar-refractivity contribution in [3.8, 4) is 0 Å². The minimum Gasteiger partial charge on any atom is -0.366 e. The molecule has 4 N–H and O–H groups in total. The molecule has 0 bridgehead atoms. The molecule has 0 aromatic carbocycles. The van der Waals surface area contributed by atoms with Crippen molar-refractivity contribution in [2.45, 2.75) is 12.2 Å². The number of rotatable bonds is 5. The molecule has 1 unspecified atom stereocenters. The molecule has 1 aliphatic rings. The number of alkyl halides is 3. The molecular weight excluding hydrogens is 333 g/mol. The molecule has 2 amide bonds. The van der Waals surface area contributed by atoms with Gasteiger partial charge in [0, 0.05) is 38.1 Å². The standard InChI is InChI=1S/C13H17F3N4O2S/c14-13(15,16)10(20-3-1-18-2-4-20)6-19-12(22)9-5-8(7-23-9)11(17)21/h5,7,10,18H,1-4,6H2,(H2,17,21)(H,19,22). The van der Waals surface area contributed by atoms with Gasteiger partial charge in [0.2, 0.25) is 5.91 Å². The van der Waals surface area contributed by atoms with Gasteiger partial charge in [-0.25, -0.2) is 0 Å². The summed E-state index contributed by atoms with van der Waals surface area (Å²) in [6.07, 6.45) is -4.43. The third-order valence-electron chi connectivity index (χ3n) is 3.53. The molecular formula is C13H17F3N4O2S. The minimum atomic E-state index is -4.43. The molecule has 0 aliphatic carbocycles. The van der Waals surface area contributed by atoms with Crippen LogP contribution in [0.2, 0.25) is 0 Å². The van der Waals surface area contributed by atoms with Gasteiger partial charge in [-0.3, -0.25) is 14.5 Å². The molecule has 0 radical (unpaired) electrons. The number of primary amides is 1. The number of halogens is 3. The van der Waals surface area contributed by atoms with E-state index in [0.29, 0.717) is 13.1 Å². The maximum Gasteiger partial charge on any atom is 0.405 e. The predicted octanol–water partition coefficient (Wildman–Crippen LogP) is 0.413. The van der Waals surface area contributed by atoms with Crippen LogP contribution in [0.25, 0.3) is 0 Å². The van der Waals surface area contributed by atoms with Crippen LogP contribution in [0.4, 0.5) is 13.2 Å². The van der Waals surface area contributed by atoms with Gasteiger partial charge in [-0.05, 0) is 6.07 Å². The zero-order valence-electron chi connectivity index (χ0n) is 12.2. The number of nitrogens with zero attached hydrogens (tertiary/aromatic N) is 1. The molecule has 1 saturated heterocycles. The Kier molecular flexibility index (Phi) is 5.60. The third-order valence-corrected chi connectivity index (χ3v) is 4.46. The molecule has 1 aliphatic heterocycles. The first-order valence-electron chi connectivity index (χ1n) is 6.97. The van der Waals surface area contributed by atoms with Crippen molar-refractivity contribution in [2.75, 3.05) is 32.7 Å². The SMILES string of the molecule is NC(=O)c1csc(C(=O)NCC(N2CCNCC2)C(F)(F)F)c1. The predicted molar refractivity (Wildman–Crippen MR) is 79.5 cm³/mol. The first kappa shape index (κ1) is 17.7. The topological polar surface area (TPSA) is 87.5 Å². The smallest absolute Gasteiger partial charge is 0.366 e. The van der Waals surface area contributed by atoms with Gasteiger partial charge in [0.15, 0.2) is 0 Å². The van der Waals surface area contributed by atoms with Gasteiger partial charge in [-0.15, -0.1) is 11.3 Å². The molecule has 1 fully saturated rings. The lowest BCUT2D eigenvalue weighted by Crippen LogP contribution is -2.57. The number of hydrogen-bond acceptors (Lipinski definition) is 5. The fourth-order valence-electron chi connectivity index (χ4n) is 2.31. The molecule has 10 heteroatoms. The van der Waals surface area contributed by atoms with Crippen LogP contribution >= 0.6 is 11.3 Å². The van der Waals surface area contributed by atoms with E-state index < -0.39 is 30.6 Å². The maximum absolute atomic E-state index is 13.2. The summed E-state index contributed by atoms with van der Waals surface area (Å²) in [5.74, 6) is -1.33. The lowest BCUT2D eigenvalue weighted by Gasteiger charge is -2.35. The highest BCUT2D eigenvalue weighted by atomic mass is 32.1. The lowest BCUT2D eigenvalue weighted by molar-refractivity contribution is -0.183. The van der Waals surface area contributed by atoms with Crippen LogP contribution in [0, 0.1) is 0 Å². The van der Waals surface area contributed by atoms with Crippen molar-refractivity contribution in [3.63, 3.8) is 0 Å². The van der Waals surface area contributed by atoms with E-state index >= 15 is 0 Å². The van der Waals surface area contributed by atoms with Crippen molar-refractivity contribution in [3.05, 3.63) is 21.9 Å². The van der Waals surface area contributed by atoms with Gasteiger partial charge in [0.05, 0.1) is 10.4 Å². The van der Waals surface area contributed by atoms with E-state index in [4.69, 9.17) is 5.73 Å². The summed E-state index contributed by atoms with van der Waals surface area (Å²) in [5.41, 5.74) is 5.24. The Morgan fingerprint density at radius 2 is 2.04 bits per heavy atom. The average molecular weight is 350 g/mol. The molecule has 6 nitrogen and oxygen atoms in total. The molecule has 1 aromatic rings. The summed E-state index contributed by atoms with van der Waals surface area (Å²) in [4.78, 5) is 24.4. The van der Waals surface area contributed by atoms with E-state index in [-0.39, 0.29) is 23.5 Å². The Morgan fingerprint density at radius 1 is 1.39 bits per heavy atom. The van der Waals surface area contributed by atoms with Crippen molar-refractivity contribution >= 4 is 23.2 Å². The van der Waals surface area contributed by atoms with Gasteiger partial charge >= 0.3 is 6.18 Å². The second-order valence-corrected chi connectivity index (χ2v) is 6.03. The Balaban J connectivity index is 1.99. The van der Waals surface area contributed by atoms with Crippen molar-refractivity contribution in [1.29, 1.82) is 0 Å². The van der Waals surface area contributed by atoms with Gasteiger partial charge in [0.1, 0.15) is 6.04 Å². The molecule has 1 aromatic heterocycles. The third kappa shape index (κ3) is 4.66. The van der Waals surface area contributed by atoms with Crippen molar-refractivity contribution in [2.24, 2.45) is 5.73 Å². The lowest BCUT2D eigenvalue weighted by atomic mass is 10.2. The van der Waals surface area contributed by atoms with E-state index in [9.17, 15) is 22.8 Å². The Morgan fingerprint density at radius 3 is 2.57 bits per heavy atom. The Hall–Kier alpha value is -1.65. The van der Waals surface area contributed by atoms with E-state index in [1.165, 1.54) is 16.3 Å². The number of amides is 2. The molecule has 23 heavy (non-hydrogen) atoms. The Labute approximate surface area is 134 Å². The molecule has 2 rings (SSSR count). The fourth-order valence-corrected chi connectivity index (χ4v) is 3.12. The largest absolute Gasteiger partial charge is 0.405 e. The number of hydrogen-bond donors (Lipinski definition) is 3. The zero-order chi connectivity index (χ0) is 17.0. The van der Waals surface area contributed by atoms with Gasteiger partial charge in [0.25, 0.3) is 5.91 Å². The van der Waals surface area contributed by atoms with Crippen LogP contribution in [0.15, 0.2) is 11.4 Å². The first-order valence-corrected chi connectivity index (χ1v) is 7.85. The summed E-state index contributed by atoms with van der Waals surface area (Å²) in [7, 11) is 0. The second-order valence-electron chi connectivity index (χ2n) is 5.12. The van der Waals surface area contributed by atoms with E-state index in [1.54, 1.807) is 0 Å². The molecule has 128 valence electrons. The summed E-state index contributed by atoms with van der Waals surface area (Å²) >= 11 is 0.963. The molecule has 2 heterocycles. The first-order chi connectivity index (χ1) is 10.8. The average Bonchev–Trinajstić information content (AvgIpc) is 2.97. The summed E-state index contributed by atoms with van der Waals surface area (Å²) < 4.78 is 39.6. The quantitative estimate of drug-likeness (QED) is 0.718. The molecule has 1 atom stereocenters. The Bertz CT molecular complexity index is 570. The fraction of sp³-hybridized carbons (Fsp3) is 0.538. The van der Waals surface area contributed by atoms with Crippen molar-refractivity contribution < 1.29 is 22.8 Å². The van der Waals surface area contributed by atoms with Crippen molar-refractivity contribution in [1.82, 2.24) is 15.5 Å². The summed E-state index contributed by atoms with van der Waals surface area (Å²) in [5, 5.41) is 6.68. The summed E-state index contributed by atoms with van der Waals surface area (Å²) in [6, 6.07) is -0.459. The number of thiophene rings is 1. The minimum absolute atomic E-state index is 0.153. The highest BCUT2D eigenvalue weighted by Gasteiger charge is 2.43. The van der Waals surface area contributed by atoms with Crippen LogP contribution in [0.1, 0.15) is 20.0 Å². The zero-order valence-corrected chi connectivity index (χ0v) is 13.0. The van der Waals surface area contributed by atoms with Gasteiger partial charge < -0.3 is 16.4 Å². The second kappa shape index (κ2) is 7.28. The number of carbonyl (C=O) groups is 2. The molecule has 0 spiro atoms. The highest BCUT2D eigenvalue weighted by molar-refractivity contribution is 7.12.